The van der Waals surface area contributed by atoms with Crippen LogP contribution in [0.3, 0.4) is 0 Å². The molecule has 6 rings (SSSR count). The summed E-state index contributed by atoms with van der Waals surface area (Å²) in [6.07, 6.45) is 7.22. The fourth-order valence-electron chi connectivity index (χ4n) is 5.79. The Balaban J connectivity index is 1.29. The number of piperazine rings is 1. The van der Waals surface area contributed by atoms with Gasteiger partial charge in [0.2, 0.25) is 0 Å². The third-order valence-electron chi connectivity index (χ3n) is 8.08. The first kappa shape index (κ1) is 28.7. The minimum atomic E-state index is -1.04. The molecule has 2 fully saturated rings. The van der Waals surface area contributed by atoms with Gasteiger partial charge in [0.1, 0.15) is 11.6 Å². The zero-order valence-electron chi connectivity index (χ0n) is 23.8. The van der Waals surface area contributed by atoms with E-state index in [9.17, 15) is 18.8 Å². The van der Waals surface area contributed by atoms with Crippen LogP contribution in [0.1, 0.15) is 36.9 Å². The lowest BCUT2D eigenvalue weighted by molar-refractivity contribution is -0.131. The van der Waals surface area contributed by atoms with Crippen LogP contribution in [0, 0.1) is 17.1 Å². The fourth-order valence-corrected chi connectivity index (χ4v) is 5.79. The molecule has 0 radical (unpaired) electrons. The van der Waals surface area contributed by atoms with Crippen molar-refractivity contribution in [3.63, 3.8) is 0 Å². The number of halogens is 2. The van der Waals surface area contributed by atoms with Crippen molar-refractivity contribution >= 4 is 28.2 Å². The number of carbonyl (C=O) groups excluding carboxylic acids is 1. The van der Waals surface area contributed by atoms with Crippen molar-refractivity contribution in [2.75, 3.05) is 49.2 Å². The Bertz CT molecular complexity index is 1570. The van der Waals surface area contributed by atoms with E-state index < -0.39 is 17.8 Å². The molecule has 2 aromatic heterocycles. The van der Waals surface area contributed by atoms with E-state index in [0.29, 0.717) is 75.2 Å². The van der Waals surface area contributed by atoms with Gasteiger partial charge in [0.15, 0.2) is 5.83 Å². The van der Waals surface area contributed by atoms with E-state index >= 15 is 0 Å². The number of ether oxygens (including phenoxy) is 2. The van der Waals surface area contributed by atoms with E-state index in [0.717, 1.165) is 29.5 Å². The number of hydrogen-bond acceptors (Lipinski definition) is 9. The van der Waals surface area contributed by atoms with Gasteiger partial charge in [-0.25, -0.2) is 8.78 Å². The minimum Gasteiger partial charge on any atom is -0.463 e. The molecule has 1 aliphatic carbocycles. The quantitative estimate of drug-likeness (QED) is 0.255. The lowest BCUT2D eigenvalue weighted by atomic mass is 10.0. The number of benzene rings is 1. The monoisotopic (exact) mass is 589 g/mol. The lowest BCUT2D eigenvalue weighted by Crippen LogP contribution is -2.55. The van der Waals surface area contributed by atoms with E-state index in [4.69, 9.17) is 19.4 Å². The molecule has 3 aromatic rings. The SMILES string of the molecule is C=C(F)C(=O)N1CCN(c2nc(OCCCOC3CC3)nc3c2CCN(c2cncc4cccc(F)c24)C3)C[C@@H]1CC#N. The maximum absolute atomic E-state index is 15.0. The Labute approximate surface area is 248 Å². The molecule has 1 saturated carbocycles. The summed E-state index contributed by atoms with van der Waals surface area (Å²) in [5.74, 6) is -1.48. The normalized spacial score (nSPS) is 18.3. The van der Waals surface area contributed by atoms with E-state index in [2.05, 4.69) is 22.5 Å². The number of amides is 1. The molecule has 3 aliphatic rings. The molecule has 1 amide bonds. The fraction of sp³-hybridized carbons (Fsp3) is 0.452. The van der Waals surface area contributed by atoms with Crippen LogP contribution in [-0.2, 0) is 22.5 Å². The van der Waals surface area contributed by atoms with E-state index in [1.165, 1.54) is 11.0 Å². The summed E-state index contributed by atoms with van der Waals surface area (Å²) in [6.45, 7) is 6.01. The first-order chi connectivity index (χ1) is 20.9. The van der Waals surface area contributed by atoms with Crippen LogP contribution in [0.15, 0.2) is 43.0 Å². The number of hydrogen-bond donors (Lipinski definition) is 0. The summed E-state index contributed by atoms with van der Waals surface area (Å²) in [4.78, 5) is 31.8. The molecule has 1 aromatic carbocycles. The van der Waals surface area contributed by atoms with Crippen molar-refractivity contribution in [2.45, 2.75) is 50.8 Å². The van der Waals surface area contributed by atoms with Crippen LogP contribution in [0.2, 0.25) is 0 Å². The topological polar surface area (TPSA) is 108 Å². The van der Waals surface area contributed by atoms with E-state index in [-0.39, 0.29) is 24.8 Å². The molecule has 1 saturated heterocycles. The van der Waals surface area contributed by atoms with Crippen molar-refractivity contribution in [1.29, 1.82) is 5.26 Å². The van der Waals surface area contributed by atoms with Crippen LogP contribution in [0.4, 0.5) is 20.3 Å². The number of pyridine rings is 1. The Hall–Kier alpha value is -4.37. The second-order valence-corrected chi connectivity index (χ2v) is 11.1. The number of carbonyl (C=O) groups is 1. The van der Waals surface area contributed by atoms with Crippen molar-refractivity contribution < 1.29 is 23.0 Å². The van der Waals surface area contributed by atoms with E-state index in [1.54, 1.807) is 18.5 Å². The maximum Gasteiger partial charge on any atom is 0.318 e. The van der Waals surface area contributed by atoms with E-state index in [1.807, 2.05) is 11.0 Å². The van der Waals surface area contributed by atoms with Crippen LogP contribution >= 0.6 is 0 Å². The molecule has 0 unspecified atom stereocenters. The summed E-state index contributed by atoms with van der Waals surface area (Å²) >= 11 is 0. The predicted molar refractivity (Wildman–Crippen MR) is 156 cm³/mol. The average Bonchev–Trinajstić information content (AvgIpc) is 3.84. The van der Waals surface area contributed by atoms with Gasteiger partial charge in [-0.05, 0) is 25.3 Å². The average molecular weight is 590 g/mol. The van der Waals surface area contributed by atoms with Gasteiger partial charge in [-0.15, -0.1) is 0 Å². The zero-order chi connectivity index (χ0) is 29.9. The summed E-state index contributed by atoms with van der Waals surface area (Å²) in [5.41, 5.74) is 2.37. The summed E-state index contributed by atoms with van der Waals surface area (Å²) in [5, 5.41) is 10.7. The Morgan fingerprint density at radius 1 is 1.14 bits per heavy atom. The molecule has 0 bridgehead atoms. The molecule has 4 heterocycles. The highest BCUT2D eigenvalue weighted by molar-refractivity contribution is 5.94. The highest BCUT2D eigenvalue weighted by Crippen LogP contribution is 2.35. The Morgan fingerprint density at radius 2 is 2.00 bits per heavy atom. The molecule has 12 heteroatoms. The predicted octanol–water partition coefficient (Wildman–Crippen LogP) is 4.09. The van der Waals surface area contributed by atoms with Crippen molar-refractivity contribution in [1.82, 2.24) is 19.9 Å². The summed E-state index contributed by atoms with van der Waals surface area (Å²) in [6, 6.07) is 6.76. The van der Waals surface area contributed by atoms with Crippen molar-refractivity contribution in [3.05, 3.63) is 60.1 Å². The highest BCUT2D eigenvalue weighted by Gasteiger charge is 2.35. The maximum atomic E-state index is 15.0. The second kappa shape index (κ2) is 12.5. The van der Waals surface area contributed by atoms with Crippen LogP contribution in [0.5, 0.6) is 6.01 Å². The molecular weight excluding hydrogens is 556 g/mol. The molecule has 1 atom stereocenters. The van der Waals surface area contributed by atoms with Crippen LogP contribution < -0.4 is 14.5 Å². The van der Waals surface area contributed by atoms with Gasteiger partial charge in [0, 0.05) is 55.1 Å². The summed E-state index contributed by atoms with van der Waals surface area (Å²) in [7, 11) is 0. The molecule has 224 valence electrons. The third-order valence-corrected chi connectivity index (χ3v) is 8.08. The third kappa shape index (κ3) is 6.22. The number of nitriles is 1. The number of fused-ring (bicyclic) bond motifs is 2. The molecule has 0 spiro atoms. The first-order valence-electron chi connectivity index (χ1n) is 14.6. The second-order valence-electron chi connectivity index (χ2n) is 11.1. The largest absolute Gasteiger partial charge is 0.463 e. The molecule has 2 aliphatic heterocycles. The Morgan fingerprint density at radius 3 is 2.79 bits per heavy atom. The van der Waals surface area contributed by atoms with Gasteiger partial charge in [-0.1, -0.05) is 18.7 Å². The van der Waals surface area contributed by atoms with Gasteiger partial charge in [-0.3, -0.25) is 9.78 Å². The zero-order valence-corrected chi connectivity index (χ0v) is 23.8. The van der Waals surface area contributed by atoms with Gasteiger partial charge in [0.25, 0.3) is 5.91 Å². The minimum absolute atomic E-state index is 0.0422. The van der Waals surface area contributed by atoms with Gasteiger partial charge in [0.05, 0.1) is 62.0 Å². The molecular formula is C31H33F2N7O3. The molecule has 0 N–H and O–H groups in total. The standard InChI is InChI=1S/C31H33F2N7O3/c1-20(32)30(41)40-13-12-39(18-22(40)8-10-34)29-24-9-11-38(27-17-35-16-21-4-2-5-25(33)28(21)27)19-26(24)36-31(37-29)43-15-3-14-42-23-6-7-23/h2,4-5,16-17,22-23H,1,3,6-9,11-15,18-19H2/t22-/m0/s1. The van der Waals surface area contributed by atoms with Gasteiger partial charge >= 0.3 is 6.01 Å². The van der Waals surface area contributed by atoms with Crippen LogP contribution in [-0.4, -0.2) is 77.3 Å². The first-order valence-corrected chi connectivity index (χ1v) is 14.6. The summed E-state index contributed by atoms with van der Waals surface area (Å²) < 4.78 is 40.4. The smallest absolute Gasteiger partial charge is 0.318 e. The number of rotatable bonds is 10. The van der Waals surface area contributed by atoms with Crippen molar-refractivity contribution in [2.24, 2.45) is 0 Å². The molecule has 10 nitrogen and oxygen atoms in total. The number of nitrogens with zero attached hydrogens (tertiary/aromatic N) is 7. The highest BCUT2D eigenvalue weighted by atomic mass is 19.1. The van der Waals surface area contributed by atoms with Crippen LogP contribution in [0.25, 0.3) is 10.8 Å². The van der Waals surface area contributed by atoms with Crippen molar-refractivity contribution in [3.8, 4) is 12.1 Å². The van der Waals surface area contributed by atoms with Gasteiger partial charge < -0.3 is 24.2 Å². The molecule has 43 heavy (non-hydrogen) atoms. The lowest BCUT2D eigenvalue weighted by Gasteiger charge is -2.42. The van der Waals surface area contributed by atoms with Gasteiger partial charge in [-0.2, -0.15) is 15.2 Å². The number of anilines is 2. The number of aromatic nitrogens is 3. The Kier molecular flexibility index (Phi) is 8.33.